The highest BCUT2D eigenvalue weighted by molar-refractivity contribution is 6.31. The lowest BCUT2D eigenvalue weighted by atomic mass is 10.2. The van der Waals surface area contributed by atoms with Crippen molar-refractivity contribution >= 4 is 11.6 Å². The third-order valence-corrected chi connectivity index (χ3v) is 1.93. The zero-order valence-corrected chi connectivity index (χ0v) is 7.32. The first kappa shape index (κ1) is 8.13. The Morgan fingerprint density at radius 3 is 2.46 bits per heavy atom. The molecule has 13 heavy (non-hydrogen) atoms. The average Bonchev–Trinajstić information content (AvgIpc) is 2.53. The normalized spacial score (nSPS) is 10.2. The van der Waals surface area contributed by atoms with E-state index in [2.05, 4.69) is 4.98 Å². The molecular formula is C9H6ClNO2. The van der Waals surface area contributed by atoms with E-state index < -0.39 is 0 Å². The molecule has 2 aromatic rings. The van der Waals surface area contributed by atoms with Gasteiger partial charge in [-0.2, -0.15) is 0 Å². The first-order chi connectivity index (χ1) is 6.27. The number of phenolic OH excluding ortho intramolecular Hbond substituents is 1. The van der Waals surface area contributed by atoms with Crippen LogP contribution < -0.4 is 0 Å². The second kappa shape index (κ2) is 3.11. The van der Waals surface area contributed by atoms with E-state index in [-0.39, 0.29) is 11.0 Å². The van der Waals surface area contributed by atoms with E-state index in [1.165, 1.54) is 6.39 Å². The lowest BCUT2D eigenvalue weighted by Crippen LogP contribution is -1.76. The fourth-order valence-corrected chi connectivity index (χ4v) is 1.24. The van der Waals surface area contributed by atoms with Gasteiger partial charge in [-0.1, -0.05) is 0 Å². The predicted octanol–water partition coefficient (Wildman–Crippen LogP) is 2.70. The van der Waals surface area contributed by atoms with Crippen molar-refractivity contribution in [1.82, 2.24) is 4.98 Å². The van der Waals surface area contributed by atoms with Gasteiger partial charge in [0, 0.05) is 5.56 Å². The molecule has 1 heterocycles. The van der Waals surface area contributed by atoms with Crippen LogP contribution in [-0.2, 0) is 0 Å². The summed E-state index contributed by atoms with van der Waals surface area (Å²) in [6.07, 6.45) is 1.28. The summed E-state index contributed by atoms with van der Waals surface area (Å²) >= 11 is 5.72. The van der Waals surface area contributed by atoms with Gasteiger partial charge >= 0.3 is 0 Å². The van der Waals surface area contributed by atoms with Crippen LogP contribution in [0.2, 0.25) is 5.22 Å². The Morgan fingerprint density at radius 2 is 1.92 bits per heavy atom. The zero-order chi connectivity index (χ0) is 9.26. The van der Waals surface area contributed by atoms with Gasteiger partial charge in [0.1, 0.15) is 11.4 Å². The smallest absolute Gasteiger partial charge is 0.221 e. The minimum atomic E-state index is 0.211. The number of oxazole rings is 1. The van der Waals surface area contributed by atoms with Crippen molar-refractivity contribution in [3.05, 3.63) is 35.9 Å². The SMILES string of the molecule is Oc1ccc(-c2ncoc2Cl)cc1. The monoisotopic (exact) mass is 195 g/mol. The maximum absolute atomic E-state index is 9.05. The van der Waals surface area contributed by atoms with Crippen LogP contribution >= 0.6 is 11.6 Å². The minimum Gasteiger partial charge on any atom is -0.508 e. The lowest BCUT2D eigenvalue weighted by molar-refractivity contribution is 0.475. The molecule has 0 radical (unpaired) electrons. The van der Waals surface area contributed by atoms with Crippen LogP contribution in [0.4, 0.5) is 0 Å². The summed E-state index contributed by atoms with van der Waals surface area (Å²) in [6, 6.07) is 6.58. The molecule has 0 atom stereocenters. The Kier molecular flexibility index (Phi) is 1.94. The van der Waals surface area contributed by atoms with Crippen molar-refractivity contribution in [3.8, 4) is 17.0 Å². The molecule has 1 N–H and O–H groups in total. The molecule has 3 nitrogen and oxygen atoms in total. The molecule has 0 amide bonds. The van der Waals surface area contributed by atoms with Crippen molar-refractivity contribution in [2.75, 3.05) is 0 Å². The zero-order valence-electron chi connectivity index (χ0n) is 6.57. The van der Waals surface area contributed by atoms with E-state index in [0.29, 0.717) is 5.69 Å². The first-order valence-corrected chi connectivity index (χ1v) is 4.03. The van der Waals surface area contributed by atoms with Gasteiger partial charge in [-0.15, -0.1) is 0 Å². The first-order valence-electron chi connectivity index (χ1n) is 3.66. The van der Waals surface area contributed by atoms with Crippen LogP contribution in [0.1, 0.15) is 0 Å². The number of rotatable bonds is 1. The van der Waals surface area contributed by atoms with Crippen LogP contribution in [-0.4, -0.2) is 10.1 Å². The highest BCUT2D eigenvalue weighted by atomic mass is 35.5. The third kappa shape index (κ3) is 1.51. The molecule has 0 aliphatic rings. The van der Waals surface area contributed by atoms with E-state index in [1.54, 1.807) is 24.3 Å². The van der Waals surface area contributed by atoms with Gasteiger partial charge in [0.05, 0.1) is 0 Å². The summed E-state index contributed by atoms with van der Waals surface area (Å²) in [5.74, 6) is 0.211. The summed E-state index contributed by atoms with van der Waals surface area (Å²) in [4.78, 5) is 3.94. The number of hydrogen-bond acceptors (Lipinski definition) is 3. The van der Waals surface area contributed by atoms with Crippen LogP contribution in [0, 0.1) is 0 Å². The van der Waals surface area contributed by atoms with Crippen molar-refractivity contribution in [3.63, 3.8) is 0 Å². The molecular weight excluding hydrogens is 190 g/mol. The molecule has 1 aromatic carbocycles. The number of halogens is 1. The largest absolute Gasteiger partial charge is 0.508 e. The van der Waals surface area contributed by atoms with Gasteiger partial charge in [-0.05, 0) is 35.9 Å². The molecule has 66 valence electrons. The average molecular weight is 196 g/mol. The van der Waals surface area contributed by atoms with E-state index in [1.807, 2.05) is 0 Å². The highest BCUT2D eigenvalue weighted by Crippen LogP contribution is 2.26. The van der Waals surface area contributed by atoms with Crippen molar-refractivity contribution in [2.45, 2.75) is 0 Å². The van der Waals surface area contributed by atoms with E-state index in [9.17, 15) is 0 Å². The molecule has 0 bridgehead atoms. The third-order valence-electron chi connectivity index (χ3n) is 1.66. The van der Waals surface area contributed by atoms with E-state index in [4.69, 9.17) is 21.1 Å². The summed E-state index contributed by atoms with van der Waals surface area (Å²) < 4.78 is 4.84. The van der Waals surface area contributed by atoms with Crippen LogP contribution in [0.25, 0.3) is 11.3 Å². The Balaban J connectivity index is 2.47. The van der Waals surface area contributed by atoms with Crippen LogP contribution in [0.15, 0.2) is 35.1 Å². The molecule has 0 aliphatic heterocycles. The van der Waals surface area contributed by atoms with Crippen LogP contribution in [0.3, 0.4) is 0 Å². The molecule has 1 aromatic heterocycles. The highest BCUT2D eigenvalue weighted by Gasteiger charge is 2.07. The van der Waals surface area contributed by atoms with Crippen molar-refractivity contribution in [1.29, 1.82) is 0 Å². The maximum atomic E-state index is 9.05. The topological polar surface area (TPSA) is 46.3 Å². The Bertz CT molecular complexity index is 408. The van der Waals surface area contributed by atoms with Gasteiger partial charge < -0.3 is 9.52 Å². The molecule has 0 aliphatic carbocycles. The summed E-state index contributed by atoms with van der Waals surface area (Å²) in [6.45, 7) is 0. The molecule has 0 saturated heterocycles. The molecule has 0 unspecified atom stereocenters. The second-order valence-corrected chi connectivity index (χ2v) is 2.86. The predicted molar refractivity (Wildman–Crippen MR) is 48.6 cm³/mol. The Morgan fingerprint density at radius 1 is 1.23 bits per heavy atom. The fraction of sp³-hybridized carbons (Fsp3) is 0. The van der Waals surface area contributed by atoms with Crippen molar-refractivity contribution < 1.29 is 9.52 Å². The fourth-order valence-electron chi connectivity index (χ4n) is 1.04. The Hall–Kier alpha value is -1.48. The number of hydrogen-bond donors (Lipinski definition) is 1. The summed E-state index contributed by atoms with van der Waals surface area (Å²) in [5.41, 5.74) is 1.40. The number of aromatic nitrogens is 1. The maximum Gasteiger partial charge on any atom is 0.221 e. The number of phenols is 1. The number of nitrogens with zero attached hydrogens (tertiary/aromatic N) is 1. The standard InChI is InChI=1S/C9H6ClNO2/c10-9-8(11-5-13-9)6-1-3-7(12)4-2-6/h1-5,12H. The van der Waals surface area contributed by atoms with E-state index >= 15 is 0 Å². The van der Waals surface area contributed by atoms with Gasteiger partial charge in [0.2, 0.25) is 5.22 Å². The van der Waals surface area contributed by atoms with Gasteiger partial charge in [0.15, 0.2) is 6.39 Å². The molecule has 2 rings (SSSR count). The second-order valence-electron chi connectivity index (χ2n) is 2.52. The minimum absolute atomic E-state index is 0.211. The van der Waals surface area contributed by atoms with Gasteiger partial charge in [-0.25, -0.2) is 4.98 Å². The van der Waals surface area contributed by atoms with E-state index in [0.717, 1.165) is 5.56 Å². The number of benzene rings is 1. The Labute approximate surface area is 79.6 Å². The molecule has 0 spiro atoms. The van der Waals surface area contributed by atoms with Crippen molar-refractivity contribution in [2.24, 2.45) is 0 Å². The summed E-state index contributed by atoms with van der Waals surface area (Å²) in [7, 11) is 0. The lowest BCUT2D eigenvalue weighted by Gasteiger charge is -1.96. The quantitative estimate of drug-likeness (QED) is 0.761. The molecule has 0 fully saturated rings. The van der Waals surface area contributed by atoms with Gasteiger partial charge in [0.25, 0.3) is 0 Å². The van der Waals surface area contributed by atoms with Gasteiger partial charge in [-0.3, -0.25) is 0 Å². The number of aromatic hydroxyl groups is 1. The van der Waals surface area contributed by atoms with Crippen LogP contribution in [0.5, 0.6) is 5.75 Å². The summed E-state index contributed by atoms with van der Waals surface area (Å²) in [5, 5.41) is 9.30. The molecule has 0 saturated carbocycles. The molecule has 4 heteroatoms.